The van der Waals surface area contributed by atoms with Crippen molar-refractivity contribution in [3.05, 3.63) is 158 Å². The number of unbranched alkanes of at least 4 members (excludes halogenated alkanes) is 13. The summed E-state index contributed by atoms with van der Waals surface area (Å²) in [5, 5.41) is 0. The van der Waals surface area contributed by atoms with Gasteiger partial charge in [-0.3, -0.25) is 14.4 Å². The molecule has 0 spiro atoms. The van der Waals surface area contributed by atoms with Crippen LogP contribution in [-0.2, 0) is 28.6 Å². The van der Waals surface area contributed by atoms with Crippen LogP contribution in [0, 0.1) is 0 Å². The molecule has 0 unspecified atom stereocenters. The third-order valence-corrected chi connectivity index (χ3v) is 11.5. The van der Waals surface area contributed by atoms with Gasteiger partial charge in [0.05, 0.1) is 0 Å². The average Bonchev–Trinajstić information content (AvgIpc) is 3.39. The first kappa shape index (κ1) is 68.0. The standard InChI is InChI=1S/C67H104O6/c1-4-7-10-13-16-19-22-25-28-31-33-36-39-42-45-48-51-54-57-60-66(69)72-63-64(62-71-65(68)59-56-53-50-47-44-41-38-35-30-27-24-21-18-15-12-9-6-3)73-67(70)61-58-55-52-49-46-43-40-37-34-32-29-26-23-20-17-14-11-8-5-2/h7,10,16-21,25-30,33-34,36-38,41-43,45-46,51,54,64H,4-6,8-9,11-15,22-24,31-32,35,39-40,44,47-50,52-53,55-63H2,1-3H3/b10-7-,19-16-,20-17-,21-18-,28-25-,29-26-,30-27-,36-33-,37-34-,41-38-,45-42-,46-43-,54-51-/t64-/m0/s1. The van der Waals surface area contributed by atoms with Gasteiger partial charge in [-0.25, -0.2) is 0 Å². The molecule has 0 heterocycles. The van der Waals surface area contributed by atoms with E-state index in [1.807, 2.05) is 12.2 Å². The van der Waals surface area contributed by atoms with Crippen LogP contribution in [-0.4, -0.2) is 37.2 Å². The molecule has 0 saturated carbocycles. The second-order valence-electron chi connectivity index (χ2n) is 18.5. The first-order valence-corrected chi connectivity index (χ1v) is 29.0. The molecule has 6 nitrogen and oxygen atoms in total. The van der Waals surface area contributed by atoms with Crippen molar-refractivity contribution in [1.82, 2.24) is 0 Å². The van der Waals surface area contributed by atoms with Gasteiger partial charge < -0.3 is 14.2 Å². The predicted octanol–water partition coefficient (Wildman–Crippen LogP) is 19.8. The molecule has 0 aromatic heterocycles. The van der Waals surface area contributed by atoms with Crippen molar-refractivity contribution < 1.29 is 28.6 Å². The largest absolute Gasteiger partial charge is 0.462 e. The van der Waals surface area contributed by atoms with Crippen molar-refractivity contribution in [1.29, 1.82) is 0 Å². The summed E-state index contributed by atoms with van der Waals surface area (Å²) in [4.78, 5) is 38.2. The lowest BCUT2D eigenvalue weighted by molar-refractivity contribution is -0.166. The first-order valence-electron chi connectivity index (χ1n) is 29.0. The fraction of sp³-hybridized carbons (Fsp3) is 0.567. The van der Waals surface area contributed by atoms with E-state index in [-0.39, 0.29) is 44.0 Å². The zero-order valence-corrected chi connectivity index (χ0v) is 46.6. The Morgan fingerprint density at radius 2 is 0.562 bits per heavy atom. The number of hydrogen-bond acceptors (Lipinski definition) is 6. The SMILES string of the molecule is CC/C=C\C/C=C\C/C=C\C/C=C\C/C=C\C/C=C\CCC(=O)OC[C@H](COC(=O)CCCCCC/C=C\C/C=C\C/C=C\CCCCC)OC(=O)CCCCC/C=C\C/C=C\C/C=C\C/C=C\CCCCC. The molecule has 0 rings (SSSR count). The molecular formula is C67H104O6. The second-order valence-corrected chi connectivity index (χ2v) is 18.5. The maximum absolute atomic E-state index is 12.9. The minimum atomic E-state index is -0.844. The fourth-order valence-electron chi connectivity index (χ4n) is 7.16. The predicted molar refractivity (Wildman–Crippen MR) is 315 cm³/mol. The Hall–Kier alpha value is -4.97. The lowest BCUT2D eigenvalue weighted by Gasteiger charge is -2.18. The molecule has 0 aliphatic rings. The number of rotatable bonds is 50. The van der Waals surface area contributed by atoms with E-state index in [4.69, 9.17) is 14.2 Å². The van der Waals surface area contributed by atoms with Crippen molar-refractivity contribution in [2.75, 3.05) is 13.2 Å². The molecule has 0 aromatic rings. The Balaban J connectivity index is 4.64. The van der Waals surface area contributed by atoms with Gasteiger partial charge in [-0.2, -0.15) is 0 Å². The van der Waals surface area contributed by atoms with Gasteiger partial charge in [0, 0.05) is 19.3 Å². The number of carbonyl (C=O) groups excluding carboxylic acids is 3. The van der Waals surface area contributed by atoms with Crippen LogP contribution >= 0.6 is 0 Å². The van der Waals surface area contributed by atoms with E-state index >= 15 is 0 Å². The molecule has 0 N–H and O–H groups in total. The zero-order valence-electron chi connectivity index (χ0n) is 46.6. The minimum Gasteiger partial charge on any atom is -0.462 e. The molecule has 0 bridgehead atoms. The summed E-state index contributed by atoms with van der Waals surface area (Å²) in [6.07, 6.45) is 86.7. The van der Waals surface area contributed by atoms with Crippen molar-refractivity contribution in [3.63, 3.8) is 0 Å². The van der Waals surface area contributed by atoms with E-state index in [1.165, 1.54) is 51.4 Å². The summed E-state index contributed by atoms with van der Waals surface area (Å²) in [7, 11) is 0. The third-order valence-electron chi connectivity index (χ3n) is 11.5. The van der Waals surface area contributed by atoms with Gasteiger partial charge in [-0.05, 0) is 141 Å². The summed E-state index contributed by atoms with van der Waals surface area (Å²) in [6.45, 7) is 6.34. The minimum absolute atomic E-state index is 0.133. The molecule has 0 aromatic carbocycles. The fourth-order valence-corrected chi connectivity index (χ4v) is 7.16. The highest BCUT2D eigenvalue weighted by Gasteiger charge is 2.19. The highest BCUT2D eigenvalue weighted by molar-refractivity contribution is 5.71. The molecule has 6 heteroatoms. The van der Waals surface area contributed by atoms with Crippen LogP contribution in [0.25, 0.3) is 0 Å². The summed E-state index contributed by atoms with van der Waals surface area (Å²) >= 11 is 0. The van der Waals surface area contributed by atoms with Crippen LogP contribution in [0.15, 0.2) is 158 Å². The van der Waals surface area contributed by atoms with E-state index in [0.29, 0.717) is 19.3 Å². The molecule has 1 atom stereocenters. The van der Waals surface area contributed by atoms with Gasteiger partial charge in [0.1, 0.15) is 13.2 Å². The maximum Gasteiger partial charge on any atom is 0.306 e. The number of ether oxygens (including phenoxy) is 3. The van der Waals surface area contributed by atoms with Crippen LogP contribution in [0.5, 0.6) is 0 Å². The molecule has 0 aliphatic heterocycles. The van der Waals surface area contributed by atoms with E-state index in [9.17, 15) is 14.4 Å². The van der Waals surface area contributed by atoms with Gasteiger partial charge in [-0.1, -0.05) is 224 Å². The molecule has 0 aliphatic carbocycles. The molecule has 73 heavy (non-hydrogen) atoms. The number of esters is 3. The van der Waals surface area contributed by atoms with Crippen molar-refractivity contribution >= 4 is 17.9 Å². The van der Waals surface area contributed by atoms with Gasteiger partial charge >= 0.3 is 17.9 Å². The smallest absolute Gasteiger partial charge is 0.306 e. The summed E-state index contributed by atoms with van der Waals surface area (Å²) in [5.74, 6) is -1.08. The highest BCUT2D eigenvalue weighted by Crippen LogP contribution is 2.11. The highest BCUT2D eigenvalue weighted by atomic mass is 16.6. The van der Waals surface area contributed by atoms with E-state index < -0.39 is 6.10 Å². The summed E-state index contributed by atoms with van der Waals surface area (Å²) in [6, 6.07) is 0. The number of carbonyl (C=O) groups is 3. The summed E-state index contributed by atoms with van der Waals surface area (Å²) in [5.41, 5.74) is 0. The van der Waals surface area contributed by atoms with Gasteiger partial charge in [-0.15, -0.1) is 0 Å². The number of hydrogen-bond donors (Lipinski definition) is 0. The monoisotopic (exact) mass is 1000 g/mol. The van der Waals surface area contributed by atoms with Crippen LogP contribution in [0.4, 0.5) is 0 Å². The average molecular weight is 1010 g/mol. The van der Waals surface area contributed by atoms with Crippen molar-refractivity contribution in [2.24, 2.45) is 0 Å². The normalized spacial score (nSPS) is 13.3. The molecular weight excluding hydrogens is 901 g/mol. The van der Waals surface area contributed by atoms with E-state index in [0.717, 1.165) is 122 Å². The lowest BCUT2D eigenvalue weighted by atomic mass is 10.1. The van der Waals surface area contributed by atoms with Crippen molar-refractivity contribution in [3.8, 4) is 0 Å². The van der Waals surface area contributed by atoms with Gasteiger partial charge in [0.2, 0.25) is 0 Å². The lowest BCUT2D eigenvalue weighted by Crippen LogP contribution is -2.30. The van der Waals surface area contributed by atoms with E-state index in [2.05, 4.69) is 167 Å². The van der Waals surface area contributed by atoms with Crippen LogP contribution in [0.2, 0.25) is 0 Å². The maximum atomic E-state index is 12.9. The Bertz CT molecular complexity index is 1670. The summed E-state index contributed by atoms with van der Waals surface area (Å²) < 4.78 is 16.8. The third kappa shape index (κ3) is 57.8. The van der Waals surface area contributed by atoms with Crippen LogP contribution in [0.3, 0.4) is 0 Å². The quantitative estimate of drug-likeness (QED) is 0.0261. The Labute approximate surface area is 448 Å². The van der Waals surface area contributed by atoms with Crippen LogP contribution < -0.4 is 0 Å². The second kappa shape index (κ2) is 59.6. The van der Waals surface area contributed by atoms with E-state index in [1.54, 1.807) is 0 Å². The van der Waals surface area contributed by atoms with Gasteiger partial charge in [0.25, 0.3) is 0 Å². The topological polar surface area (TPSA) is 78.9 Å². The zero-order chi connectivity index (χ0) is 52.9. The molecule has 0 fully saturated rings. The molecule has 0 amide bonds. The molecule has 0 radical (unpaired) electrons. The first-order chi connectivity index (χ1) is 36.0. The molecule has 408 valence electrons. The molecule has 0 saturated heterocycles. The Morgan fingerprint density at radius 1 is 0.288 bits per heavy atom. The Morgan fingerprint density at radius 3 is 0.918 bits per heavy atom. The Kier molecular flexibility index (Phi) is 55.5. The van der Waals surface area contributed by atoms with Crippen molar-refractivity contribution in [2.45, 2.75) is 232 Å². The van der Waals surface area contributed by atoms with Gasteiger partial charge in [0.15, 0.2) is 6.10 Å². The van der Waals surface area contributed by atoms with Crippen LogP contribution in [0.1, 0.15) is 226 Å². The number of allylic oxidation sites excluding steroid dienone is 26.